The molecule has 1 fully saturated rings. The summed E-state index contributed by atoms with van der Waals surface area (Å²) < 4.78 is 4.51. The average molecular weight is 313 g/mol. The second-order valence-corrected chi connectivity index (χ2v) is 7.07. The summed E-state index contributed by atoms with van der Waals surface area (Å²) in [7, 11) is 0. The van der Waals surface area contributed by atoms with Crippen LogP contribution in [0.1, 0.15) is 57.2 Å². The first-order chi connectivity index (χ1) is 11.3. The third-order valence-corrected chi connectivity index (χ3v) is 5.56. The van der Waals surface area contributed by atoms with Crippen LogP contribution in [-0.4, -0.2) is 25.9 Å². The number of hydrogen-bond donors (Lipinski definition) is 1. The van der Waals surface area contributed by atoms with Crippen molar-refractivity contribution >= 4 is 0 Å². The van der Waals surface area contributed by atoms with Gasteiger partial charge in [-0.25, -0.2) is 4.98 Å². The Bertz CT molecular complexity index is 627. The lowest BCUT2D eigenvalue weighted by atomic mass is 9.84. The van der Waals surface area contributed by atoms with Crippen LogP contribution in [0.3, 0.4) is 0 Å². The van der Waals surface area contributed by atoms with Crippen LogP contribution in [-0.2, 0) is 13.1 Å². The minimum Gasteiger partial charge on any atom is -0.327 e. The average Bonchev–Trinajstić information content (AvgIpc) is 3.17. The third-order valence-electron chi connectivity index (χ3n) is 5.56. The van der Waals surface area contributed by atoms with Crippen molar-refractivity contribution in [2.24, 2.45) is 5.92 Å². The smallest absolute Gasteiger partial charge is 0.160 e. The quantitative estimate of drug-likeness (QED) is 0.945. The Morgan fingerprint density at radius 2 is 2.09 bits per heavy atom. The maximum Gasteiger partial charge on any atom is 0.160 e. The summed E-state index contributed by atoms with van der Waals surface area (Å²) in [5.74, 6) is 1.81. The molecule has 124 valence electrons. The van der Waals surface area contributed by atoms with Crippen LogP contribution >= 0.6 is 0 Å². The van der Waals surface area contributed by atoms with E-state index in [0.717, 1.165) is 43.5 Å². The number of nitrogens with zero attached hydrogens (tertiary/aromatic N) is 4. The van der Waals surface area contributed by atoms with Gasteiger partial charge in [-0.2, -0.15) is 5.10 Å². The minimum absolute atomic E-state index is 0.507. The number of aryl methyl sites for hydroxylation is 1. The third kappa shape index (κ3) is 2.94. The molecule has 5 nitrogen and oxygen atoms in total. The van der Waals surface area contributed by atoms with Gasteiger partial charge in [-0.3, -0.25) is 4.68 Å². The Morgan fingerprint density at radius 1 is 1.22 bits per heavy atom. The zero-order chi connectivity index (χ0) is 15.6. The maximum atomic E-state index is 4.83. The Balaban J connectivity index is 1.61. The molecule has 1 aliphatic carbocycles. The van der Waals surface area contributed by atoms with Gasteiger partial charge >= 0.3 is 0 Å². The zero-order valence-electron chi connectivity index (χ0n) is 14.0. The van der Waals surface area contributed by atoms with E-state index in [4.69, 9.17) is 5.10 Å². The fourth-order valence-electron chi connectivity index (χ4n) is 4.15. The van der Waals surface area contributed by atoms with E-state index in [1.165, 1.54) is 37.8 Å². The van der Waals surface area contributed by atoms with Crippen molar-refractivity contribution in [3.8, 4) is 11.5 Å². The van der Waals surface area contributed by atoms with Crippen molar-refractivity contribution in [1.82, 2.24) is 24.6 Å². The monoisotopic (exact) mass is 313 g/mol. The van der Waals surface area contributed by atoms with Crippen molar-refractivity contribution in [2.45, 2.75) is 64.6 Å². The van der Waals surface area contributed by atoms with Gasteiger partial charge in [0.15, 0.2) is 5.82 Å². The summed E-state index contributed by atoms with van der Waals surface area (Å²) in [6.45, 7) is 5.34. The highest BCUT2D eigenvalue weighted by Crippen LogP contribution is 2.34. The molecular formula is C18H27N5. The maximum absolute atomic E-state index is 4.83. The molecule has 1 saturated carbocycles. The molecule has 2 aliphatic rings. The number of imidazole rings is 1. The molecule has 1 atom stereocenters. The fraction of sp³-hybridized carbons (Fsp3) is 0.667. The first-order valence-corrected chi connectivity index (χ1v) is 9.13. The largest absolute Gasteiger partial charge is 0.327 e. The second kappa shape index (κ2) is 6.48. The van der Waals surface area contributed by atoms with Crippen LogP contribution in [0, 0.1) is 5.92 Å². The standard InChI is InChI=1S/C18H27N5/c1-14(15-6-3-2-4-7-15)22-11-9-20-18(22)17-12-16-13-19-8-5-10-23(16)21-17/h9,11-12,14-15,19H,2-8,10,13H2,1H3/t14-/m0/s1. The highest BCUT2D eigenvalue weighted by atomic mass is 15.3. The van der Waals surface area contributed by atoms with E-state index in [0.29, 0.717) is 6.04 Å². The van der Waals surface area contributed by atoms with Crippen molar-refractivity contribution < 1.29 is 0 Å². The topological polar surface area (TPSA) is 47.7 Å². The number of nitrogens with one attached hydrogen (secondary N) is 1. The molecule has 2 aromatic heterocycles. The van der Waals surface area contributed by atoms with Crippen LogP contribution in [0.5, 0.6) is 0 Å². The lowest BCUT2D eigenvalue weighted by Crippen LogP contribution is -2.19. The van der Waals surface area contributed by atoms with Gasteiger partial charge < -0.3 is 9.88 Å². The molecule has 1 aliphatic heterocycles. The number of aromatic nitrogens is 4. The molecule has 0 bridgehead atoms. The Kier molecular flexibility index (Phi) is 4.21. The van der Waals surface area contributed by atoms with E-state index in [2.05, 4.69) is 38.7 Å². The van der Waals surface area contributed by atoms with Crippen molar-refractivity contribution in [2.75, 3.05) is 6.54 Å². The molecule has 0 radical (unpaired) electrons. The van der Waals surface area contributed by atoms with Gasteiger partial charge in [0, 0.05) is 31.5 Å². The van der Waals surface area contributed by atoms with E-state index in [-0.39, 0.29) is 0 Å². The van der Waals surface area contributed by atoms with Crippen LogP contribution < -0.4 is 5.32 Å². The van der Waals surface area contributed by atoms with Gasteiger partial charge in [0.25, 0.3) is 0 Å². The highest BCUT2D eigenvalue weighted by Gasteiger charge is 2.24. The number of hydrogen-bond acceptors (Lipinski definition) is 3. The SMILES string of the molecule is C[C@@H](C1CCCCC1)n1ccnc1-c1cc2n(n1)CCCNC2. The van der Waals surface area contributed by atoms with Gasteiger partial charge in [-0.1, -0.05) is 19.3 Å². The molecule has 5 heteroatoms. The highest BCUT2D eigenvalue weighted by molar-refractivity contribution is 5.50. The fourth-order valence-corrected chi connectivity index (χ4v) is 4.15. The summed E-state index contributed by atoms with van der Waals surface area (Å²) in [5, 5.41) is 8.30. The Labute approximate surface area is 138 Å². The van der Waals surface area contributed by atoms with E-state index >= 15 is 0 Å². The van der Waals surface area contributed by atoms with Crippen LogP contribution in [0.4, 0.5) is 0 Å². The zero-order valence-corrected chi connectivity index (χ0v) is 14.0. The van der Waals surface area contributed by atoms with E-state index in [1.807, 2.05) is 6.20 Å². The van der Waals surface area contributed by atoms with Gasteiger partial charge in [-0.05, 0) is 44.7 Å². The molecule has 0 spiro atoms. The molecule has 4 rings (SSSR count). The molecule has 0 amide bonds. The minimum atomic E-state index is 0.507. The van der Waals surface area contributed by atoms with E-state index < -0.39 is 0 Å². The Morgan fingerprint density at radius 3 is 2.96 bits per heavy atom. The van der Waals surface area contributed by atoms with Gasteiger partial charge in [0.1, 0.15) is 5.69 Å². The second-order valence-electron chi connectivity index (χ2n) is 7.07. The van der Waals surface area contributed by atoms with Crippen molar-refractivity contribution in [3.63, 3.8) is 0 Å². The molecule has 0 unspecified atom stereocenters. The van der Waals surface area contributed by atoms with Gasteiger partial charge in [-0.15, -0.1) is 0 Å². The van der Waals surface area contributed by atoms with Gasteiger partial charge in [0.2, 0.25) is 0 Å². The summed E-state index contributed by atoms with van der Waals surface area (Å²) >= 11 is 0. The van der Waals surface area contributed by atoms with Gasteiger partial charge in [0.05, 0.1) is 5.69 Å². The van der Waals surface area contributed by atoms with E-state index in [9.17, 15) is 0 Å². The molecule has 0 saturated heterocycles. The lowest BCUT2D eigenvalue weighted by molar-refractivity contribution is 0.265. The molecule has 1 N–H and O–H groups in total. The summed E-state index contributed by atoms with van der Waals surface area (Å²) in [6.07, 6.45) is 12.1. The first kappa shape index (κ1) is 14.9. The van der Waals surface area contributed by atoms with Crippen molar-refractivity contribution in [3.05, 3.63) is 24.2 Å². The first-order valence-electron chi connectivity index (χ1n) is 9.13. The summed E-state index contributed by atoms with van der Waals surface area (Å²) in [4.78, 5) is 4.64. The van der Waals surface area contributed by atoms with Crippen LogP contribution in [0.2, 0.25) is 0 Å². The Hall–Kier alpha value is -1.62. The predicted octanol–water partition coefficient (Wildman–Crippen LogP) is 3.38. The normalized spacial score (nSPS) is 20.9. The molecule has 23 heavy (non-hydrogen) atoms. The molecular weight excluding hydrogens is 286 g/mol. The summed E-state index contributed by atoms with van der Waals surface area (Å²) in [5.41, 5.74) is 2.30. The van der Waals surface area contributed by atoms with Crippen molar-refractivity contribution in [1.29, 1.82) is 0 Å². The van der Waals surface area contributed by atoms with E-state index in [1.54, 1.807) is 0 Å². The lowest BCUT2D eigenvalue weighted by Gasteiger charge is -2.29. The number of fused-ring (bicyclic) bond motifs is 1. The summed E-state index contributed by atoms with van der Waals surface area (Å²) in [6, 6.07) is 2.72. The van der Waals surface area contributed by atoms with Crippen LogP contribution in [0.15, 0.2) is 18.5 Å². The van der Waals surface area contributed by atoms with Crippen LogP contribution in [0.25, 0.3) is 11.5 Å². The number of rotatable bonds is 3. The predicted molar refractivity (Wildman–Crippen MR) is 91.1 cm³/mol. The molecule has 2 aromatic rings. The molecule has 3 heterocycles. The molecule has 0 aromatic carbocycles.